The average Bonchev–Trinajstić information content (AvgIpc) is 3.20. The number of halogens is 1. The van der Waals surface area contributed by atoms with Gasteiger partial charge in [0.1, 0.15) is 11.6 Å². The lowest BCUT2D eigenvalue weighted by Gasteiger charge is -2.25. The van der Waals surface area contributed by atoms with Gasteiger partial charge in [-0.15, -0.1) is 35.3 Å². The van der Waals surface area contributed by atoms with Crippen LogP contribution in [0.5, 0.6) is 0 Å². The molecule has 0 radical (unpaired) electrons. The fourth-order valence-electron chi connectivity index (χ4n) is 2.96. The number of thiazole rings is 1. The summed E-state index contributed by atoms with van der Waals surface area (Å²) in [5.74, 6) is 2.82. The van der Waals surface area contributed by atoms with Crippen LogP contribution < -0.4 is 10.6 Å². The Morgan fingerprint density at radius 3 is 3.00 bits per heavy atom. The third-order valence-corrected chi connectivity index (χ3v) is 5.40. The number of rotatable bonds is 6. The first-order chi connectivity index (χ1) is 12.2. The van der Waals surface area contributed by atoms with Crippen molar-refractivity contribution in [2.75, 3.05) is 13.1 Å². The molecule has 0 bridgehead atoms. The summed E-state index contributed by atoms with van der Waals surface area (Å²) >= 11 is 1.79. The summed E-state index contributed by atoms with van der Waals surface area (Å²) < 4.78 is 2.02. The Labute approximate surface area is 176 Å². The molecule has 0 fully saturated rings. The molecule has 0 saturated carbocycles. The summed E-state index contributed by atoms with van der Waals surface area (Å²) in [6.07, 6.45) is 5.92. The number of fused-ring (bicyclic) bond motifs is 1. The second-order valence-corrected chi connectivity index (χ2v) is 7.42. The molecular weight excluding hydrogens is 461 g/mol. The molecule has 0 spiro atoms. The zero-order chi connectivity index (χ0) is 17.6. The molecule has 1 aliphatic heterocycles. The molecule has 3 rings (SSSR count). The molecule has 1 atom stereocenters. The largest absolute Gasteiger partial charge is 0.357 e. The molecule has 0 aliphatic carbocycles. The Morgan fingerprint density at radius 2 is 2.27 bits per heavy atom. The first-order valence-corrected chi connectivity index (χ1v) is 9.88. The third-order valence-electron chi connectivity index (χ3n) is 4.19. The van der Waals surface area contributed by atoms with Crippen LogP contribution in [0.3, 0.4) is 0 Å². The Kier molecular flexibility index (Phi) is 8.26. The number of aryl methyl sites for hydroxylation is 3. The fourth-order valence-corrected chi connectivity index (χ4v) is 3.81. The minimum atomic E-state index is 0. The van der Waals surface area contributed by atoms with Gasteiger partial charge in [-0.25, -0.2) is 14.6 Å². The first kappa shape index (κ1) is 21.1. The standard InChI is InChI=1S/C17H27N7S.HI/c1-4-14-10-20-16(25-14)8-9-19-17(18-5-2)22-13-6-7-15-21-12(3)23-24(15)11-13;/h10,13H,4-9,11H2,1-3H3,(H2,18,19,22);1H. The summed E-state index contributed by atoms with van der Waals surface area (Å²) in [7, 11) is 0. The predicted octanol–water partition coefficient (Wildman–Crippen LogP) is 2.34. The van der Waals surface area contributed by atoms with Crippen LogP contribution in [-0.4, -0.2) is 44.8 Å². The van der Waals surface area contributed by atoms with E-state index in [9.17, 15) is 0 Å². The normalized spacial score (nSPS) is 16.7. The van der Waals surface area contributed by atoms with Crippen LogP contribution in [0.15, 0.2) is 11.2 Å². The van der Waals surface area contributed by atoms with Crippen LogP contribution in [0.1, 0.15) is 41.8 Å². The lowest BCUT2D eigenvalue weighted by molar-refractivity contribution is 0.392. The van der Waals surface area contributed by atoms with Crippen molar-refractivity contribution in [2.24, 2.45) is 4.99 Å². The number of nitrogens with zero attached hydrogens (tertiary/aromatic N) is 5. The SMILES string of the molecule is CCNC(=NCCc1ncc(CC)s1)NC1CCc2nc(C)nn2C1.I. The van der Waals surface area contributed by atoms with E-state index in [0.29, 0.717) is 6.04 Å². The van der Waals surface area contributed by atoms with Crippen molar-refractivity contribution in [2.45, 2.75) is 59.0 Å². The van der Waals surface area contributed by atoms with Gasteiger partial charge in [0.05, 0.1) is 11.6 Å². The second kappa shape index (κ2) is 10.2. The quantitative estimate of drug-likeness (QED) is 0.370. The van der Waals surface area contributed by atoms with E-state index in [2.05, 4.69) is 39.5 Å². The van der Waals surface area contributed by atoms with Crippen LogP contribution >= 0.6 is 35.3 Å². The van der Waals surface area contributed by atoms with E-state index >= 15 is 0 Å². The van der Waals surface area contributed by atoms with Gasteiger partial charge >= 0.3 is 0 Å². The zero-order valence-electron chi connectivity index (χ0n) is 15.7. The molecule has 0 aromatic carbocycles. The van der Waals surface area contributed by atoms with E-state index in [1.807, 2.05) is 17.8 Å². The van der Waals surface area contributed by atoms with E-state index < -0.39 is 0 Å². The minimum absolute atomic E-state index is 0. The van der Waals surface area contributed by atoms with Gasteiger partial charge < -0.3 is 10.6 Å². The molecule has 7 nitrogen and oxygen atoms in total. The number of hydrogen-bond donors (Lipinski definition) is 2. The molecule has 3 heterocycles. The molecular formula is C17H28IN7S. The third kappa shape index (κ3) is 5.63. The number of aromatic nitrogens is 4. The summed E-state index contributed by atoms with van der Waals surface area (Å²) in [4.78, 5) is 15.0. The van der Waals surface area contributed by atoms with Gasteiger partial charge in [0.25, 0.3) is 0 Å². The number of hydrogen-bond acceptors (Lipinski definition) is 5. The average molecular weight is 489 g/mol. The Bertz CT molecular complexity index is 725. The summed E-state index contributed by atoms with van der Waals surface area (Å²) in [6.45, 7) is 8.63. The van der Waals surface area contributed by atoms with Gasteiger partial charge in [0.2, 0.25) is 0 Å². The van der Waals surface area contributed by atoms with Crippen molar-refractivity contribution in [3.63, 3.8) is 0 Å². The monoisotopic (exact) mass is 489 g/mol. The lowest BCUT2D eigenvalue weighted by atomic mass is 10.1. The topological polar surface area (TPSA) is 80.0 Å². The molecule has 1 unspecified atom stereocenters. The van der Waals surface area contributed by atoms with Crippen molar-refractivity contribution in [3.8, 4) is 0 Å². The van der Waals surface area contributed by atoms with Crippen LogP contribution in [0.2, 0.25) is 0 Å². The zero-order valence-corrected chi connectivity index (χ0v) is 18.8. The maximum Gasteiger partial charge on any atom is 0.191 e. The number of aliphatic imine (C=N–C) groups is 1. The molecule has 0 amide bonds. The maximum atomic E-state index is 4.71. The highest BCUT2D eigenvalue weighted by atomic mass is 127. The smallest absolute Gasteiger partial charge is 0.191 e. The fraction of sp³-hybridized carbons (Fsp3) is 0.647. The summed E-state index contributed by atoms with van der Waals surface area (Å²) in [5, 5.41) is 12.5. The van der Waals surface area contributed by atoms with Crippen LogP contribution in [-0.2, 0) is 25.8 Å². The molecule has 2 aromatic rings. The highest BCUT2D eigenvalue weighted by molar-refractivity contribution is 14.0. The summed E-state index contributed by atoms with van der Waals surface area (Å²) in [6, 6.07) is 0.331. The highest BCUT2D eigenvalue weighted by Gasteiger charge is 2.21. The minimum Gasteiger partial charge on any atom is -0.357 e. The van der Waals surface area contributed by atoms with Gasteiger partial charge in [-0.3, -0.25) is 4.99 Å². The van der Waals surface area contributed by atoms with E-state index in [-0.39, 0.29) is 24.0 Å². The first-order valence-electron chi connectivity index (χ1n) is 9.06. The number of guanidine groups is 1. The molecule has 144 valence electrons. The summed E-state index contributed by atoms with van der Waals surface area (Å²) in [5.41, 5.74) is 0. The van der Waals surface area contributed by atoms with Crippen molar-refractivity contribution in [3.05, 3.63) is 27.7 Å². The van der Waals surface area contributed by atoms with Gasteiger partial charge in [-0.1, -0.05) is 6.92 Å². The van der Waals surface area contributed by atoms with Gasteiger partial charge in [0, 0.05) is 43.0 Å². The molecule has 2 N–H and O–H groups in total. The van der Waals surface area contributed by atoms with Gasteiger partial charge in [0.15, 0.2) is 5.96 Å². The molecule has 1 aliphatic rings. The van der Waals surface area contributed by atoms with Crippen LogP contribution in [0.4, 0.5) is 0 Å². The number of nitrogens with one attached hydrogen (secondary N) is 2. The Morgan fingerprint density at radius 1 is 1.42 bits per heavy atom. The molecule has 26 heavy (non-hydrogen) atoms. The molecule has 2 aromatic heterocycles. The van der Waals surface area contributed by atoms with Crippen molar-refractivity contribution in [1.29, 1.82) is 0 Å². The van der Waals surface area contributed by atoms with E-state index in [1.165, 1.54) is 4.88 Å². The van der Waals surface area contributed by atoms with Crippen molar-refractivity contribution >= 4 is 41.3 Å². The lowest BCUT2D eigenvalue weighted by Crippen LogP contribution is -2.47. The van der Waals surface area contributed by atoms with Crippen LogP contribution in [0, 0.1) is 6.92 Å². The van der Waals surface area contributed by atoms with Gasteiger partial charge in [-0.05, 0) is 26.7 Å². The second-order valence-electron chi connectivity index (χ2n) is 6.22. The molecule has 0 saturated heterocycles. The van der Waals surface area contributed by atoms with E-state index in [1.54, 1.807) is 11.3 Å². The Balaban J connectivity index is 0.00000243. The maximum absolute atomic E-state index is 4.71. The van der Waals surface area contributed by atoms with Crippen LogP contribution in [0.25, 0.3) is 0 Å². The van der Waals surface area contributed by atoms with Gasteiger partial charge in [-0.2, -0.15) is 5.10 Å². The Hall–Kier alpha value is -1.23. The predicted molar refractivity (Wildman–Crippen MR) is 117 cm³/mol. The van der Waals surface area contributed by atoms with Crippen molar-refractivity contribution in [1.82, 2.24) is 30.4 Å². The molecule has 9 heteroatoms. The van der Waals surface area contributed by atoms with Crippen molar-refractivity contribution < 1.29 is 0 Å². The highest BCUT2D eigenvalue weighted by Crippen LogP contribution is 2.14. The van der Waals surface area contributed by atoms with E-state index in [4.69, 9.17) is 4.99 Å². The van der Waals surface area contributed by atoms with E-state index in [0.717, 1.165) is 67.9 Å².